The predicted octanol–water partition coefficient (Wildman–Crippen LogP) is 3.63. The highest BCUT2D eigenvalue weighted by Crippen LogP contribution is 2.37. The predicted molar refractivity (Wildman–Crippen MR) is 75.2 cm³/mol. The molecule has 4 heteroatoms. The number of ether oxygens (including phenoxy) is 1. The van der Waals surface area contributed by atoms with Gasteiger partial charge in [0.2, 0.25) is 0 Å². The van der Waals surface area contributed by atoms with Gasteiger partial charge in [-0.05, 0) is 54.9 Å². The Kier molecular flexibility index (Phi) is 4.70. The molecule has 0 unspecified atom stereocenters. The highest BCUT2D eigenvalue weighted by molar-refractivity contribution is 6.32. The molecule has 1 N–H and O–H groups in total. The summed E-state index contributed by atoms with van der Waals surface area (Å²) in [6.45, 7) is 0. The van der Waals surface area contributed by atoms with E-state index in [-0.39, 0.29) is 6.42 Å². The molecule has 0 bridgehead atoms. The monoisotopic (exact) mass is 282 g/mol. The number of hydrogen-bond donors (Lipinski definition) is 1. The average molecular weight is 283 g/mol. The number of fused-ring (bicyclic) bond motifs is 1. The Morgan fingerprint density at radius 3 is 2.79 bits per heavy atom. The zero-order valence-electron chi connectivity index (χ0n) is 11.2. The van der Waals surface area contributed by atoms with E-state index in [1.165, 1.54) is 24.0 Å². The Bertz CT molecular complexity index is 483. The van der Waals surface area contributed by atoms with Gasteiger partial charge >= 0.3 is 5.97 Å². The molecule has 0 fully saturated rings. The summed E-state index contributed by atoms with van der Waals surface area (Å²) in [4.78, 5) is 10.8. The Labute approximate surface area is 118 Å². The molecule has 0 aliphatic heterocycles. The summed E-state index contributed by atoms with van der Waals surface area (Å²) < 4.78 is 5.39. The van der Waals surface area contributed by atoms with Crippen molar-refractivity contribution in [2.75, 3.05) is 7.11 Å². The summed E-state index contributed by atoms with van der Waals surface area (Å²) in [5.74, 6) is -0.132. The highest BCUT2D eigenvalue weighted by atomic mass is 35.5. The van der Waals surface area contributed by atoms with E-state index in [9.17, 15) is 4.79 Å². The molecule has 0 radical (unpaired) electrons. The van der Waals surface area contributed by atoms with Crippen molar-refractivity contribution in [3.63, 3.8) is 0 Å². The van der Waals surface area contributed by atoms with E-state index in [2.05, 4.69) is 0 Å². The van der Waals surface area contributed by atoms with Gasteiger partial charge < -0.3 is 9.84 Å². The van der Waals surface area contributed by atoms with Gasteiger partial charge in [0.05, 0.1) is 12.1 Å². The van der Waals surface area contributed by atoms with Gasteiger partial charge in [-0.15, -0.1) is 0 Å². The second-order valence-electron chi connectivity index (χ2n) is 4.96. The van der Waals surface area contributed by atoms with Crippen LogP contribution in [0.4, 0.5) is 0 Å². The fourth-order valence-corrected chi connectivity index (χ4v) is 3.15. The molecule has 0 saturated carbocycles. The van der Waals surface area contributed by atoms with Crippen molar-refractivity contribution in [2.45, 2.75) is 44.9 Å². The number of rotatable bonds is 4. The molecular weight excluding hydrogens is 264 g/mol. The molecule has 1 aromatic rings. The van der Waals surface area contributed by atoms with Crippen LogP contribution in [0.1, 0.15) is 42.4 Å². The number of aryl methyl sites for hydroxylation is 1. The molecule has 0 heterocycles. The minimum atomic E-state index is -0.788. The molecule has 0 aromatic heterocycles. The van der Waals surface area contributed by atoms with E-state index in [0.717, 1.165) is 24.8 Å². The summed E-state index contributed by atoms with van der Waals surface area (Å²) in [6.07, 6.45) is 6.17. The lowest BCUT2D eigenvalue weighted by molar-refractivity contribution is -0.136. The maximum absolute atomic E-state index is 10.8. The summed E-state index contributed by atoms with van der Waals surface area (Å²) >= 11 is 6.26. The molecule has 104 valence electrons. The van der Waals surface area contributed by atoms with Crippen molar-refractivity contribution < 1.29 is 14.6 Å². The van der Waals surface area contributed by atoms with Gasteiger partial charge in [0.15, 0.2) is 0 Å². The molecule has 0 atom stereocenters. The van der Waals surface area contributed by atoms with Crippen LogP contribution >= 0.6 is 11.6 Å². The van der Waals surface area contributed by atoms with Crippen molar-refractivity contribution in [2.24, 2.45) is 0 Å². The van der Waals surface area contributed by atoms with Gasteiger partial charge in [-0.2, -0.15) is 0 Å². The lowest BCUT2D eigenvalue weighted by Gasteiger charge is -2.17. The van der Waals surface area contributed by atoms with E-state index in [0.29, 0.717) is 17.2 Å². The third-order valence-electron chi connectivity index (χ3n) is 3.71. The molecule has 0 spiro atoms. The molecule has 1 aliphatic carbocycles. The van der Waals surface area contributed by atoms with Crippen LogP contribution in [0.2, 0.25) is 5.02 Å². The first-order valence-electron chi connectivity index (χ1n) is 6.72. The summed E-state index contributed by atoms with van der Waals surface area (Å²) in [7, 11) is 1.59. The Morgan fingerprint density at radius 1 is 1.37 bits per heavy atom. The molecule has 3 nitrogen and oxygen atoms in total. The van der Waals surface area contributed by atoms with Crippen molar-refractivity contribution in [1.82, 2.24) is 0 Å². The smallest absolute Gasteiger partial charge is 0.303 e. The molecule has 1 aromatic carbocycles. The van der Waals surface area contributed by atoms with Crippen molar-refractivity contribution in [1.29, 1.82) is 0 Å². The normalized spacial score (nSPS) is 14.6. The van der Waals surface area contributed by atoms with Crippen LogP contribution in [0.15, 0.2) is 6.07 Å². The lowest BCUT2D eigenvalue weighted by Crippen LogP contribution is -2.06. The van der Waals surface area contributed by atoms with Crippen LogP contribution in [-0.2, 0) is 24.1 Å². The van der Waals surface area contributed by atoms with Crippen LogP contribution in [0.3, 0.4) is 0 Å². The number of benzene rings is 1. The maximum Gasteiger partial charge on any atom is 0.303 e. The van der Waals surface area contributed by atoms with Crippen molar-refractivity contribution in [3.8, 4) is 5.75 Å². The third-order valence-corrected chi connectivity index (χ3v) is 3.99. The minimum absolute atomic E-state index is 0.114. The minimum Gasteiger partial charge on any atom is -0.495 e. The largest absolute Gasteiger partial charge is 0.495 e. The Morgan fingerprint density at radius 2 is 2.11 bits per heavy atom. The van der Waals surface area contributed by atoms with Gasteiger partial charge in [-0.1, -0.05) is 18.0 Å². The van der Waals surface area contributed by atoms with E-state index < -0.39 is 5.97 Å². The van der Waals surface area contributed by atoms with Crippen LogP contribution in [0.5, 0.6) is 5.75 Å². The summed E-state index contributed by atoms with van der Waals surface area (Å²) in [5, 5.41) is 9.49. The van der Waals surface area contributed by atoms with Crippen LogP contribution in [0, 0.1) is 0 Å². The van der Waals surface area contributed by atoms with Gasteiger partial charge in [0, 0.05) is 6.42 Å². The van der Waals surface area contributed by atoms with Crippen molar-refractivity contribution in [3.05, 3.63) is 27.8 Å². The van der Waals surface area contributed by atoms with Gasteiger partial charge in [-0.3, -0.25) is 4.79 Å². The van der Waals surface area contributed by atoms with E-state index in [4.69, 9.17) is 21.4 Å². The van der Waals surface area contributed by atoms with Crippen molar-refractivity contribution >= 4 is 17.6 Å². The first-order chi connectivity index (χ1) is 9.13. The fourth-order valence-electron chi connectivity index (χ4n) is 2.83. The van der Waals surface area contributed by atoms with Gasteiger partial charge in [-0.25, -0.2) is 0 Å². The van der Waals surface area contributed by atoms with Gasteiger partial charge in [0.1, 0.15) is 5.75 Å². The Balaban J connectivity index is 2.45. The number of carbonyl (C=O) groups is 1. The maximum atomic E-state index is 10.8. The standard InChI is InChI=1S/C15H19ClO3/c1-19-15-12(7-8-14(17)18)11-6-4-2-3-5-10(11)9-13(15)16/h9H,2-8H2,1H3,(H,17,18). The van der Waals surface area contributed by atoms with Crippen LogP contribution in [0.25, 0.3) is 0 Å². The van der Waals surface area contributed by atoms with E-state index in [1.54, 1.807) is 7.11 Å². The number of aliphatic carboxylic acids is 1. The number of carboxylic acid groups (broad SMARTS) is 1. The first kappa shape index (κ1) is 14.2. The van der Waals surface area contributed by atoms with E-state index >= 15 is 0 Å². The SMILES string of the molecule is COc1c(Cl)cc2c(c1CCC(=O)O)CCCCC2. The lowest BCUT2D eigenvalue weighted by atomic mass is 9.93. The fraction of sp³-hybridized carbons (Fsp3) is 0.533. The molecule has 0 saturated heterocycles. The molecular formula is C15H19ClO3. The zero-order valence-corrected chi connectivity index (χ0v) is 11.9. The zero-order chi connectivity index (χ0) is 13.8. The third kappa shape index (κ3) is 3.21. The number of methoxy groups -OCH3 is 1. The number of hydrogen-bond acceptors (Lipinski definition) is 2. The molecule has 2 rings (SSSR count). The first-order valence-corrected chi connectivity index (χ1v) is 7.10. The summed E-state index contributed by atoms with van der Waals surface area (Å²) in [6, 6.07) is 1.99. The second-order valence-corrected chi connectivity index (χ2v) is 5.37. The van der Waals surface area contributed by atoms with E-state index in [1.807, 2.05) is 6.07 Å². The van der Waals surface area contributed by atoms with Crippen LogP contribution < -0.4 is 4.74 Å². The Hall–Kier alpha value is -1.22. The highest BCUT2D eigenvalue weighted by Gasteiger charge is 2.19. The molecule has 19 heavy (non-hydrogen) atoms. The van der Waals surface area contributed by atoms with Gasteiger partial charge in [0.25, 0.3) is 0 Å². The molecule has 0 amide bonds. The second kappa shape index (κ2) is 6.29. The summed E-state index contributed by atoms with van der Waals surface area (Å²) in [5.41, 5.74) is 3.53. The number of halogens is 1. The van der Waals surface area contributed by atoms with Crippen LogP contribution in [-0.4, -0.2) is 18.2 Å². The quantitative estimate of drug-likeness (QED) is 0.858. The number of carboxylic acids is 1. The molecule has 1 aliphatic rings. The topological polar surface area (TPSA) is 46.5 Å². The average Bonchev–Trinajstić information content (AvgIpc) is 2.60.